The SMILES string of the molecule is Cc1ccc(C)c(S(=O)(=O)Nc2ccc(F)c(-c3nnc4n3CCCCC4)c2)c1. The molecule has 2 heterocycles. The highest BCUT2D eigenvalue weighted by molar-refractivity contribution is 7.92. The van der Waals surface area contributed by atoms with Crippen LogP contribution in [0.15, 0.2) is 41.3 Å². The molecule has 0 fully saturated rings. The summed E-state index contributed by atoms with van der Waals surface area (Å²) in [5, 5.41) is 8.40. The molecule has 152 valence electrons. The maximum Gasteiger partial charge on any atom is 0.262 e. The summed E-state index contributed by atoms with van der Waals surface area (Å²) in [4.78, 5) is 0.208. The number of anilines is 1. The van der Waals surface area contributed by atoms with Gasteiger partial charge in [-0.25, -0.2) is 12.8 Å². The van der Waals surface area contributed by atoms with Crippen molar-refractivity contribution in [2.45, 2.75) is 51.0 Å². The van der Waals surface area contributed by atoms with Gasteiger partial charge in [0.25, 0.3) is 10.0 Å². The summed E-state index contributed by atoms with van der Waals surface area (Å²) in [6.45, 7) is 4.32. The van der Waals surface area contributed by atoms with Crippen LogP contribution in [0.5, 0.6) is 0 Å². The molecule has 0 saturated heterocycles. The fourth-order valence-electron chi connectivity index (χ4n) is 3.65. The molecule has 0 unspecified atom stereocenters. The van der Waals surface area contributed by atoms with Gasteiger partial charge in [-0.3, -0.25) is 4.72 Å². The Labute approximate surface area is 169 Å². The van der Waals surface area contributed by atoms with E-state index in [1.165, 1.54) is 18.2 Å². The molecule has 3 aromatic rings. The standard InChI is InChI=1S/C21H23FN4O2S/c1-14-7-8-15(2)19(12-14)29(27,28)25-16-9-10-18(22)17(13-16)21-24-23-20-6-4-3-5-11-26(20)21/h7-10,12-13,25H,3-6,11H2,1-2H3. The monoisotopic (exact) mass is 414 g/mol. The lowest BCUT2D eigenvalue weighted by atomic mass is 10.1. The fourth-order valence-corrected chi connectivity index (χ4v) is 5.03. The molecule has 0 amide bonds. The van der Waals surface area contributed by atoms with Crippen LogP contribution in [0.4, 0.5) is 10.1 Å². The van der Waals surface area contributed by atoms with Crippen molar-refractivity contribution in [2.75, 3.05) is 4.72 Å². The van der Waals surface area contributed by atoms with E-state index in [1.54, 1.807) is 19.1 Å². The molecular weight excluding hydrogens is 391 g/mol. The number of halogens is 1. The molecule has 0 aliphatic carbocycles. The molecular formula is C21H23FN4O2S. The Hall–Kier alpha value is -2.74. The fraction of sp³-hybridized carbons (Fsp3) is 0.333. The number of hydrogen-bond acceptors (Lipinski definition) is 4. The molecule has 4 rings (SSSR count). The van der Waals surface area contributed by atoms with Crippen LogP contribution in [-0.2, 0) is 23.0 Å². The Bertz CT molecular complexity index is 1170. The largest absolute Gasteiger partial charge is 0.311 e. The van der Waals surface area contributed by atoms with Gasteiger partial charge in [-0.2, -0.15) is 0 Å². The first-order valence-corrected chi connectivity index (χ1v) is 11.2. The van der Waals surface area contributed by atoms with Crippen LogP contribution >= 0.6 is 0 Å². The van der Waals surface area contributed by atoms with Gasteiger partial charge in [0.05, 0.1) is 10.5 Å². The second-order valence-electron chi connectivity index (χ2n) is 7.47. The van der Waals surface area contributed by atoms with E-state index >= 15 is 0 Å². The highest BCUT2D eigenvalue weighted by Gasteiger charge is 2.21. The molecule has 0 atom stereocenters. The molecule has 0 saturated carbocycles. The third-order valence-electron chi connectivity index (χ3n) is 5.20. The summed E-state index contributed by atoms with van der Waals surface area (Å²) in [6.07, 6.45) is 3.93. The van der Waals surface area contributed by atoms with Crippen LogP contribution in [-0.4, -0.2) is 23.2 Å². The van der Waals surface area contributed by atoms with Crippen molar-refractivity contribution in [1.82, 2.24) is 14.8 Å². The van der Waals surface area contributed by atoms with Gasteiger partial charge in [-0.15, -0.1) is 10.2 Å². The predicted octanol–water partition coefficient (Wildman–Crippen LogP) is 4.23. The number of nitrogens with zero attached hydrogens (tertiary/aromatic N) is 3. The van der Waals surface area contributed by atoms with Crippen LogP contribution < -0.4 is 4.72 Å². The van der Waals surface area contributed by atoms with E-state index in [9.17, 15) is 12.8 Å². The summed E-state index contributed by atoms with van der Waals surface area (Å²) in [5.41, 5.74) is 2.02. The van der Waals surface area contributed by atoms with E-state index in [-0.39, 0.29) is 16.1 Å². The molecule has 2 aromatic carbocycles. The van der Waals surface area contributed by atoms with Gasteiger partial charge in [0, 0.05) is 18.7 Å². The highest BCUT2D eigenvalue weighted by atomic mass is 32.2. The average Bonchev–Trinajstić information content (AvgIpc) is 2.92. The minimum Gasteiger partial charge on any atom is -0.311 e. The lowest BCUT2D eigenvalue weighted by Crippen LogP contribution is -2.14. The molecule has 1 aromatic heterocycles. The van der Waals surface area contributed by atoms with Gasteiger partial charge < -0.3 is 4.57 Å². The number of rotatable bonds is 4. The number of nitrogens with one attached hydrogen (secondary N) is 1. The molecule has 1 N–H and O–H groups in total. The summed E-state index contributed by atoms with van der Waals surface area (Å²) in [6, 6.07) is 9.42. The number of hydrogen-bond donors (Lipinski definition) is 1. The molecule has 1 aliphatic heterocycles. The van der Waals surface area contributed by atoms with Gasteiger partial charge in [-0.1, -0.05) is 18.6 Å². The topological polar surface area (TPSA) is 76.9 Å². The molecule has 29 heavy (non-hydrogen) atoms. The summed E-state index contributed by atoms with van der Waals surface area (Å²) in [7, 11) is -3.80. The number of aryl methyl sites for hydroxylation is 3. The molecule has 1 aliphatic rings. The van der Waals surface area contributed by atoms with Crippen molar-refractivity contribution < 1.29 is 12.8 Å². The lowest BCUT2D eigenvalue weighted by molar-refractivity contribution is 0.600. The Balaban J connectivity index is 1.71. The summed E-state index contributed by atoms with van der Waals surface area (Å²) in [5.74, 6) is 0.824. The normalized spacial score (nSPS) is 14.3. The van der Waals surface area contributed by atoms with Crippen LogP contribution in [0.2, 0.25) is 0 Å². The summed E-state index contributed by atoms with van der Waals surface area (Å²) >= 11 is 0. The van der Waals surface area contributed by atoms with Crippen LogP contribution in [0.3, 0.4) is 0 Å². The van der Waals surface area contributed by atoms with E-state index in [0.29, 0.717) is 11.4 Å². The Morgan fingerprint density at radius 1 is 1.03 bits per heavy atom. The molecule has 0 bridgehead atoms. The first kappa shape index (κ1) is 19.6. The third-order valence-corrected chi connectivity index (χ3v) is 6.73. The zero-order valence-corrected chi connectivity index (χ0v) is 17.3. The Kier molecular flexibility index (Phi) is 5.12. The van der Waals surface area contributed by atoms with Gasteiger partial charge in [-0.05, 0) is 62.1 Å². The molecule has 0 spiro atoms. The number of fused-ring (bicyclic) bond motifs is 1. The number of benzene rings is 2. The molecule has 0 radical (unpaired) electrons. The highest BCUT2D eigenvalue weighted by Crippen LogP contribution is 2.29. The van der Waals surface area contributed by atoms with Gasteiger partial charge in [0.2, 0.25) is 0 Å². The smallest absolute Gasteiger partial charge is 0.262 e. The maximum atomic E-state index is 14.6. The van der Waals surface area contributed by atoms with Gasteiger partial charge in [0.15, 0.2) is 5.82 Å². The predicted molar refractivity (Wildman–Crippen MR) is 110 cm³/mol. The van der Waals surface area contributed by atoms with Gasteiger partial charge >= 0.3 is 0 Å². The lowest BCUT2D eigenvalue weighted by Gasteiger charge is -2.13. The second kappa shape index (κ2) is 7.59. The van der Waals surface area contributed by atoms with Gasteiger partial charge in [0.1, 0.15) is 11.6 Å². The second-order valence-corrected chi connectivity index (χ2v) is 9.12. The van der Waals surface area contributed by atoms with E-state index in [2.05, 4.69) is 14.9 Å². The van der Waals surface area contributed by atoms with Crippen molar-refractivity contribution in [3.8, 4) is 11.4 Å². The maximum absolute atomic E-state index is 14.6. The molecule has 8 heteroatoms. The van der Waals surface area contributed by atoms with Crippen molar-refractivity contribution in [3.63, 3.8) is 0 Å². The minimum absolute atomic E-state index is 0.208. The van der Waals surface area contributed by atoms with Crippen LogP contribution in [0, 0.1) is 19.7 Å². The van der Waals surface area contributed by atoms with Crippen molar-refractivity contribution in [1.29, 1.82) is 0 Å². The Morgan fingerprint density at radius 3 is 2.69 bits per heavy atom. The zero-order chi connectivity index (χ0) is 20.6. The first-order chi connectivity index (χ1) is 13.8. The van der Waals surface area contributed by atoms with Crippen LogP contribution in [0.1, 0.15) is 36.2 Å². The van der Waals surface area contributed by atoms with E-state index in [1.807, 2.05) is 17.6 Å². The van der Waals surface area contributed by atoms with Crippen molar-refractivity contribution in [3.05, 3.63) is 59.2 Å². The molecule has 6 nitrogen and oxygen atoms in total. The number of sulfonamides is 1. The zero-order valence-electron chi connectivity index (χ0n) is 16.4. The van der Waals surface area contributed by atoms with E-state index in [4.69, 9.17) is 0 Å². The quantitative estimate of drug-likeness (QED) is 0.693. The van der Waals surface area contributed by atoms with Crippen molar-refractivity contribution in [2.24, 2.45) is 0 Å². The average molecular weight is 415 g/mol. The van der Waals surface area contributed by atoms with Crippen molar-refractivity contribution >= 4 is 15.7 Å². The van der Waals surface area contributed by atoms with Crippen LogP contribution in [0.25, 0.3) is 11.4 Å². The third kappa shape index (κ3) is 3.89. The van der Waals surface area contributed by atoms with E-state index < -0.39 is 15.8 Å². The summed E-state index contributed by atoms with van der Waals surface area (Å²) < 4.78 is 44.9. The minimum atomic E-state index is -3.80. The van der Waals surface area contributed by atoms with E-state index in [0.717, 1.165) is 43.6 Å². The Morgan fingerprint density at radius 2 is 1.86 bits per heavy atom. The number of aromatic nitrogens is 3. The first-order valence-electron chi connectivity index (χ1n) is 9.67.